The van der Waals surface area contributed by atoms with Crippen LogP contribution >= 0.6 is 0 Å². The highest BCUT2D eigenvalue weighted by molar-refractivity contribution is 6.00. The molecule has 0 aliphatic rings. The molecule has 1 N–H and O–H groups in total. The molecule has 1 heterocycles. The van der Waals surface area contributed by atoms with Gasteiger partial charge in [-0.05, 0) is 41.8 Å². The molecule has 0 aliphatic carbocycles. The maximum Gasteiger partial charge on any atom is 0.573 e. The third-order valence-electron chi connectivity index (χ3n) is 4.58. The zero-order chi connectivity index (χ0) is 24.7. The molecule has 0 saturated carbocycles. The molecule has 0 unspecified atom stereocenters. The number of hydrogen-bond donors (Lipinski definition) is 1. The van der Waals surface area contributed by atoms with Crippen molar-refractivity contribution in [3.63, 3.8) is 0 Å². The second-order valence-corrected chi connectivity index (χ2v) is 7.11. The summed E-state index contributed by atoms with van der Waals surface area (Å²) in [6.07, 6.45) is -1.82. The van der Waals surface area contributed by atoms with Crippen molar-refractivity contribution in [3.8, 4) is 5.75 Å². The third kappa shape index (κ3) is 7.06. The Hall–Kier alpha value is -3.89. The Bertz CT molecular complexity index is 1160. The molecule has 0 spiro atoms. The van der Waals surface area contributed by atoms with Gasteiger partial charge in [-0.2, -0.15) is 0 Å². The highest BCUT2D eigenvalue weighted by Crippen LogP contribution is 2.24. The molecule has 34 heavy (non-hydrogen) atoms. The fourth-order valence-electron chi connectivity index (χ4n) is 3.18. The Balaban J connectivity index is 1.91. The van der Waals surface area contributed by atoms with Gasteiger partial charge in [0.15, 0.2) is 0 Å². The number of nitrogens with zero attached hydrogens (tertiary/aromatic N) is 2. The first kappa shape index (κ1) is 24.7. The van der Waals surface area contributed by atoms with Crippen molar-refractivity contribution in [3.05, 3.63) is 89.0 Å². The molecule has 0 bridgehead atoms. The second kappa shape index (κ2) is 10.8. The third-order valence-corrected chi connectivity index (χ3v) is 4.58. The summed E-state index contributed by atoms with van der Waals surface area (Å²) in [5, 5.41) is 13.4. The van der Waals surface area contributed by atoms with Crippen LogP contribution in [0, 0.1) is 5.82 Å². The number of hydrogen-bond acceptors (Lipinski definition) is 4. The van der Waals surface area contributed by atoms with Gasteiger partial charge in [-0.3, -0.25) is 0 Å². The van der Waals surface area contributed by atoms with E-state index in [1.165, 1.54) is 53.4 Å². The quantitative estimate of drug-likeness (QED) is 0.187. The van der Waals surface area contributed by atoms with Crippen LogP contribution in [0.3, 0.4) is 0 Å². The van der Waals surface area contributed by atoms with Crippen molar-refractivity contribution in [2.75, 3.05) is 13.3 Å². The summed E-state index contributed by atoms with van der Waals surface area (Å²) in [6, 6.07) is 10.6. The SMILES string of the molecule is O=C(O)c1cn(C/C(=N\OCCF)c2cccc(OC(F)(F)F)c2)cc1Cc1ccc(F)cc1. The van der Waals surface area contributed by atoms with E-state index in [-0.39, 0.29) is 36.4 Å². The van der Waals surface area contributed by atoms with E-state index in [1.807, 2.05) is 0 Å². The van der Waals surface area contributed by atoms with Crippen LogP contribution in [-0.2, 0) is 17.8 Å². The lowest BCUT2D eigenvalue weighted by Gasteiger charge is -2.12. The summed E-state index contributed by atoms with van der Waals surface area (Å²) in [5.41, 5.74) is 1.41. The van der Waals surface area contributed by atoms with Crippen LogP contribution in [0.25, 0.3) is 0 Å². The predicted molar refractivity (Wildman–Crippen MR) is 112 cm³/mol. The molecule has 0 atom stereocenters. The number of aromatic nitrogens is 1. The number of benzene rings is 2. The molecule has 6 nitrogen and oxygen atoms in total. The van der Waals surface area contributed by atoms with Crippen LogP contribution in [0.15, 0.2) is 66.1 Å². The summed E-state index contributed by atoms with van der Waals surface area (Å²) >= 11 is 0. The van der Waals surface area contributed by atoms with E-state index in [2.05, 4.69) is 9.89 Å². The Labute approximate surface area is 190 Å². The van der Waals surface area contributed by atoms with E-state index < -0.39 is 30.6 Å². The van der Waals surface area contributed by atoms with Crippen molar-refractivity contribution in [1.82, 2.24) is 4.57 Å². The molecular weight excluding hydrogens is 463 g/mol. The minimum absolute atomic E-state index is 0.0116. The number of oxime groups is 1. The maximum atomic E-state index is 13.2. The van der Waals surface area contributed by atoms with Gasteiger partial charge >= 0.3 is 12.3 Å². The molecule has 3 aromatic rings. The number of aromatic carboxylic acids is 1. The molecule has 0 radical (unpaired) electrons. The Morgan fingerprint density at radius 1 is 1.09 bits per heavy atom. The van der Waals surface area contributed by atoms with E-state index in [0.29, 0.717) is 11.1 Å². The Morgan fingerprint density at radius 3 is 2.47 bits per heavy atom. The molecule has 0 fully saturated rings. The largest absolute Gasteiger partial charge is 0.573 e. The lowest BCUT2D eigenvalue weighted by molar-refractivity contribution is -0.274. The fraction of sp³-hybridized carbons (Fsp3) is 0.217. The minimum atomic E-state index is -4.90. The number of carboxylic acid groups (broad SMARTS) is 1. The van der Waals surface area contributed by atoms with Gasteiger partial charge in [0.1, 0.15) is 30.6 Å². The van der Waals surface area contributed by atoms with Gasteiger partial charge in [0.2, 0.25) is 0 Å². The van der Waals surface area contributed by atoms with Gasteiger partial charge in [-0.25, -0.2) is 13.6 Å². The average molecular weight is 482 g/mol. The van der Waals surface area contributed by atoms with Crippen LogP contribution in [0.4, 0.5) is 22.0 Å². The van der Waals surface area contributed by atoms with Crippen LogP contribution in [-0.4, -0.2) is 41.0 Å². The molecule has 11 heteroatoms. The van der Waals surface area contributed by atoms with Crippen molar-refractivity contribution < 1.29 is 41.4 Å². The summed E-state index contributed by atoms with van der Waals surface area (Å²) in [5.74, 6) is -2.10. The molecular formula is C23H19F5N2O4. The summed E-state index contributed by atoms with van der Waals surface area (Å²) in [6.45, 7) is -1.29. The first-order valence-corrected chi connectivity index (χ1v) is 9.92. The van der Waals surface area contributed by atoms with Crippen molar-refractivity contribution >= 4 is 11.7 Å². The van der Waals surface area contributed by atoms with E-state index in [0.717, 1.165) is 12.1 Å². The molecule has 2 aromatic carbocycles. The summed E-state index contributed by atoms with van der Waals surface area (Å²) in [4.78, 5) is 16.6. The molecule has 0 saturated heterocycles. The number of halogens is 5. The lowest BCUT2D eigenvalue weighted by Crippen LogP contribution is -2.18. The van der Waals surface area contributed by atoms with Crippen LogP contribution in [0.1, 0.15) is 27.0 Å². The van der Waals surface area contributed by atoms with Gasteiger partial charge in [0.25, 0.3) is 0 Å². The van der Waals surface area contributed by atoms with E-state index in [1.54, 1.807) is 0 Å². The highest BCUT2D eigenvalue weighted by atomic mass is 19.4. The second-order valence-electron chi connectivity index (χ2n) is 7.11. The maximum absolute atomic E-state index is 13.2. The van der Waals surface area contributed by atoms with Crippen LogP contribution in [0.2, 0.25) is 0 Å². The number of carboxylic acids is 1. The molecule has 180 valence electrons. The standard InChI is InChI=1S/C23H19F5N2O4/c24-8-9-33-29-21(16-2-1-3-19(11-16)34-23(26,27)28)14-30-12-17(20(13-30)22(31)32)10-15-4-6-18(25)7-5-15/h1-7,11-13H,8-10,14H2,(H,31,32)/b29-21+. The minimum Gasteiger partial charge on any atom is -0.478 e. The van der Waals surface area contributed by atoms with Crippen molar-refractivity contribution in [2.45, 2.75) is 19.3 Å². The van der Waals surface area contributed by atoms with Gasteiger partial charge in [-0.1, -0.05) is 29.4 Å². The monoisotopic (exact) mass is 482 g/mol. The fourth-order valence-corrected chi connectivity index (χ4v) is 3.18. The van der Waals surface area contributed by atoms with E-state index in [4.69, 9.17) is 4.84 Å². The van der Waals surface area contributed by atoms with E-state index >= 15 is 0 Å². The Kier molecular flexibility index (Phi) is 7.87. The van der Waals surface area contributed by atoms with Crippen LogP contribution < -0.4 is 4.74 Å². The molecule has 3 rings (SSSR count). The molecule has 0 aliphatic heterocycles. The topological polar surface area (TPSA) is 73.0 Å². The highest BCUT2D eigenvalue weighted by Gasteiger charge is 2.31. The van der Waals surface area contributed by atoms with Crippen molar-refractivity contribution in [2.24, 2.45) is 5.16 Å². The Morgan fingerprint density at radius 2 is 1.82 bits per heavy atom. The van der Waals surface area contributed by atoms with Gasteiger partial charge in [-0.15, -0.1) is 13.2 Å². The van der Waals surface area contributed by atoms with Crippen molar-refractivity contribution in [1.29, 1.82) is 0 Å². The predicted octanol–water partition coefficient (Wildman–Crippen LogP) is 5.21. The van der Waals surface area contributed by atoms with Gasteiger partial charge in [0, 0.05) is 18.0 Å². The first-order chi connectivity index (χ1) is 16.1. The number of rotatable bonds is 10. The lowest BCUT2D eigenvalue weighted by atomic mass is 10.0. The zero-order valence-electron chi connectivity index (χ0n) is 17.6. The number of carbonyl (C=O) groups is 1. The average Bonchev–Trinajstić information content (AvgIpc) is 3.16. The van der Waals surface area contributed by atoms with E-state index in [9.17, 15) is 31.9 Å². The molecule has 1 aromatic heterocycles. The van der Waals surface area contributed by atoms with Gasteiger partial charge in [0.05, 0.1) is 12.1 Å². The smallest absolute Gasteiger partial charge is 0.478 e. The van der Waals surface area contributed by atoms with Gasteiger partial charge < -0.3 is 19.2 Å². The number of alkyl halides is 4. The number of ether oxygens (including phenoxy) is 1. The molecule has 0 amide bonds. The van der Waals surface area contributed by atoms with Crippen LogP contribution in [0.5, 0.6) is 5.75 Å². The zero-order valence-corrected chi connectivity index (χ0v) is 17.6. The normalized spacial score (nSPS) is 12.0. The summed E-state index contributed by atoms with van der Waals surface area (Å²) in [7, 11) is 0. The first-order valence-electron chi connectivity index (χ1n) is 9.92. The summed E-state index contributed by atoms with van der Waals surface area (Å²) < 4.78 is 68.8.